The first-order valence-electron chi connectivity index (χ1n) is 6.68. The quantitative estimate of drug-likeness (QED) is 0.742. The number of benzene rings is 1. The van der Waals surface area contributed by atoms with Gasteiger partial charge >= 0.3 is 0 Å². The first kappa shape index (κ1) is 16.2. The van der Waals surface area contributed by atoms with E-state index in [4.69, 9.17) is 28.9 Å². The van der Waals surface area contributed by atoms with Crippen molar-refractivity contribution < 1.29 is 9.18 Å². The minimum atomic E-state index is -0.611. The fourth-order valence-corrected chi connectivity index (χ4v) is 2.33. The van der Waals surface area contributed by atoms with Gasteiger partial charge in [-0.3, -0.25) is 4.79 Å². The van der Waals surface area contributed by atoms with Crippen molar-refractivity contribution in [3.63, 3.8) is 0 Å². The van der Waals surface area contributed by atoms with Crippen LogP contribution in [0.2, 0.25) is 10.0 Å². The summed E-state index contributed by atoms with van der Waals surface area (Å²) in [6, 6.07) is 7.35. The van der Waals surface area contributed by atoms with E-state index in [0.717, 1.165) is 0 Å². The second-order valence-corrected chi connectivity index (χ2v) is 5.56. The van der Waals surface area contributed by atoms with Crippen LogP contribution in [0.1, 0.15) is 10.4 Å². The zero-order valence-corrected chi connectivity index (χ0v) is 13.5. The van der Waals surface area contributed by atoms with Crippen molar-refractivity contribution in [1.82, 2.24) is 14.8 Å². The lowest BCUT2D eigenvalue weighted by Gasteiger charge is -2.08. The molecule has 0 spiro atoms. The number of rotatable bonds is 3. The highest BCUT2D eigenvalue weighted by atomic mass is 35.5. The van der Waals surface area contributed by atoms with Crippen molar-refractivity contribution in [2.24, 2.45) is 0 Å². The molecule has 3 aromatic rings. The molecule has 0 radical (unpaired) electrons. The third-order valence-electron chi connectivity index (χ3n) is 3.18. The number of hydrogen-bond donors (Lipinski definition) is 2. The Labute approximate surface area is 146 Å². The third-order valence-corrected chi connectivity index (χ3v) is 3.78. The molecule has 24 heavy (non-hydrogen) atoms. The zero-order valence-electron chi connectivity index (χ0n) is 12.0. The van der Waals surface area contributed by atoms with Crippen LogP contribution >= 0.6 is 23.2 Å². The Bertz CT molecular complexity index is 911. The monoisotopic (exact) mass is 365 g/mol. The summed E-state index contributed by atoms with van der Waals surface area (Å²) in [6.45, 7) is 0. The van der Waals surface area contributed by atoms with Crippen LogP contribution in [0.5, 0.6) is 0 Å². The molecule has 2 aromatic heterocycles. The van der Waals surface area contributed by atoms with Gasteiger partial charge in [0.25, 0.3) is 5.91 Å². The van der Waals surface area contributed by atoms with Crippen LogP contribution in [-0.4, -0.2) is 20.7 Å². The molecule has 2 heterocycles. The maximum absolute atomic E-state index is 13.6. The maximum atomic E-state index is 13.6. The van der Waals surface area contributed by atoms with Crippen LogP contribution in [0.25, 0.3) is 5.69 Å². The lowest BCUT2D eigenvalue weighted by atomic mass is 10.3. The van der Waals surface area contributed by atoms with Crippen molar-refractivity contribution in [3.05, 3.63) is 64.2 Å². The third kappa shape index (κ3) is 3.04. The fourth-order valence-electron chi connectivity index (χ4n) is 2.01. The number of hydrogen-bond acceptors (Lipinski definition) is 4. The van der Waals surface area contributed by atoms with Crippen LogP contribution in [0.4, 0.5) is 16.0 Å². The van der Waals surface area contributed by atoms with E-state index >= 15 is 0 Å². The second kappa shape index (κ2) is 6.46. The lowest BCUT2D eigenvalue weighted by molar-refractivity contribution is 0.102. The van der Waals surface area contributed by atoms with Gasteiger partial charge in [-0.2, -0.15) is 5.10 Å². The highest BCUT2D eigenvalue weighted by Crippen LogP contribution is 2.26. The molecule has 0 saturated carbocycles. The van der Waals surface area contributed by atoms with E-state index in [1.54, 1.807) is 12.1 Å². The Kier molecular flexibility index (Phi) is 4.37. The molecular weight excluding hydrogens is 356 g/mol. The summed E-state index contributed by atoms with van der Waals surface area (Å²) in [6.07, 6.45) is 2.66. The van der Waals surface area contributed by atoms with E-state index < -0.39 is 11.7 Å². The Balaban J connectivity index is 1.91. The smallest absolute Gasteiger partial charge is 0.262 e. The predicted molar refractivity (Wildman–Crippen MR) is 90.1 cm³/mol. The van der Waals surface area contributed by atoms with Gasteiger partial charge in [0.15, 0.2) is 0 Å². The van der Waals surface area contributed by atoms with Gasteiger partial charge in [0.2, 0.25) is 0 Å². The highest BCUT2D eigenvalue weighted by Gasteiger charge is 2.18. The number of nitrogens with zero attached hydrogens (tertiary/aromatic N) is 3. The van der Waals surface area contributed by atoms with Crippen molar-refractivity contribution in [2.75, 3.05) is 11.1 Å². The molecule has 0 aliphatic heterocycles. The minimum absolute atomic E-state index is 0.0222. The summed E-state index contributed by atoms with van der Waals surface area (Å²) in [7, 11) is 0. The van der Waals surface area contributed by atoms with Crippen molar-refractivity contribution in [1.29, 1.82) is 0 Å². The predicted octanol–water partition coefficient (Wildman–Crippen LogP) is 3.55. The summed E-state index contributed by atoms with van der Waals surface area (Å²) in [5.41, 5.74) is 6.29. The van der Waals surface area contributed by atoms with Crippen LogP contribution in [-0.2, 0) is 0 Å². The number of nitrogen functional groups attached to an aromatic ring is 1. The number of carbonyl (C=O) groups excluding carboxylic acids is 1. The van der Waals surface area contributed by atoms with Gasteiger partial charge in [-0.1, -0.05) is 29.3 Å². The van der Waals surface area contributed by atoms with Crippen LogP contribution in [0.15, 0.2) is 42.7 Å². The SMILES string of the molecule is Nc1c(C(=O)Nc2ccc(Cl)cn2)cnn1-c1cccc(F)c1Cl. The van der Waals surface area contributed by atoms with Crippen LogP contribution < -0.4 is 11.1 Å². The number of nitrogens with one attached hydrogen (secondary N) is 1. The van der Waals surface area contributed by atoms with E-state index in [1.807, 2.05) is 0 Å². The Morgan fingerprint density at radius 2 is 2.00 bits per heavy atom. The van der Waals surface area contributed by atoms with E-state index in [-0.39, 0.29) is 22.1 Å². The number of aromatic nitrogens is 3. The molecule has 0 saturated heterocycles. The minimum Gasteiger partial charge on any atom is -0.383 e. The largest absolute Gasteiger partial charge is 0.383 e. The molecule has 3 N–H and O–H groups in total. The topological polar surface area (TPSA) is 85.8 Å². The van der Waals surface area contributed by atoms with Gasteiger partial charge in [0, 0.05) is 6.20 Å². The van der Waals surface area contributed by atoms with Crippen molar-refractivity contribution in [3.8, 4) is 5.69 Å². The number of nitrogens with two attached hydrogens (primary N) is 1. The Morgan fingerprint density at radius 1 is 1.21 bits per heavy atom. The molecule has 122 valence electrons. The average Bonchev–Trinajstić information content (AvgIpc) is 2.94. The molecule has 1 amide bonds. The summed E-state index contributed by atoms with van der Waals surface area (Å²) in [4.78, 5) is 16.3. The summed E-state index contributed by atoms with van der Waals surface area (Å²) >= 11 is 11.7. The number of anilines is 2. The normalized spacial score (nSPS) is 10.6. The number of carbonyl (C=O) groups is 1. The molecule has 0 fully saturated rings. The molecule has 0 aliphatic carbocycles. The van der Waals surface area contributed by atoms with Crippen LogP contribution in [0, 0.1) is 5.82 Å². The summed E-state index contributed by atoms with van der Waals surface area (Å²) < 4.78 is 14.8. The molecule has 3 rings (SSSR count). The molecule has 0 unspecified atom stereocenters. The van der Waals surface area contributed by atoms with Gasteiger partial charge in [-0.25, -0.2) is 14.1 Å². The highest BCUT2D eigenvalue weighted by molar-refractivity contribution is 6.32. The Morgan fingerprint density at radius 3 is 2.71 bits per heavy atom. The van der Waals surface area contributed by atoms with Gasteiger partial charge in [0.1, 0.15) is 28.0 Å². The van der Waals surface area contributed by atoms with E-state index in [1.165, 1.54) is 35.3 Å². The first-order chi connectivity index (χ1) is 11.5. The van der Waals surface area contributed by atoms with Crippen molar-refractivity contribution in [2.45, 2.75) is 0 Å². The standard InChI is InChI=1S/C15H10Cl2FN5O/c16-8-4-5-12(20-6-8)22-15(24)9-7-21-23(14(9)19)11-3-1-2-10(18)13(11)17/h1-7H,19H2,(H,20,22,24). The molecule has 0 atom stereocenters. The second-order valence-electron chi connectivity index (χ2n) is 4.74. The molecule has 1 aromatic carbocycles. The summed E-state index contributed by atoms with van der Waals surface area (Å²) in [5, 5.41) is 6.88. The van der Waals surface area contributed by atoms with E-state index in [9.17, 15) is 9.18 Å². The zero-order chi connectivity index (χ0) is 17.3. The van der Waals surface area contributed by atoms with E-state index in [2.05, 4.69) is 15.4 Å². The molecule has 0 aliphatic rings. The number of amides is 1. The lowest BCUT2D eigenvalue weighted by Crippen LogP contribution is -2.15. The molecular formula is C15H10Cl2FN5O. The number of pyridine rings is 1. The Hall–Kier alpha value is -2.64. The van der Waals surface area contributed by atoms with E-state index in [0.29, 0.717) is 10.8 Å². The molecule has 6 nitrogen and oxygen atoms in total. The summed E-state index contributed by atoms with van der Waals surface area (Å²) in [5.74, 6) is -0.796. The van der Waals surface area contributed by atoms with Crippen LogP contribution in [0.3, 0.4) is 0 Å². The first-order valence-corrected chi connectivity index (χ1v) is 7.43. The van der Waals surface area contributed by atoms with Gasteiger partial charge < -0.3 is 11.1 Å². The van der Waals surface area contributed by atoms with Crippen molar-refractivity contribution >= 4 is 40.7 Å². The average molecular weight is 366 g/mol. The molecule has 0 bridgehead atoms. The van der Waals surface area contributed by atoms with Gasteiger partial charge in [-0.15, -0.1) is 0 Å². The van der Waals surface area contributed by atoms with Gasteiger partial charge in [-0.05, 0) is 24.3 Å². The van der Waals surface area contributed by atoms with Gasteiger partial charge in [0.05, 0.1) is 16.9 Å². The molecule has 9 heteroatoms. The number of halogens is 3. The fraction of sp³-hybridized carbons (Fsp3) is 0. The maximum Gasteiger partial charge on any atom is 0.262 e.